The average molecular weight is 468 g/mol. The number of carbonyl (C=O) groups is 2. The standard InChI is InChI=1S/C25H16N4O4S/c26-13-18(22(30)27-14-16-9-6-12-33-16)25-29(15-7-2-1-3-8-15)24(32)21(34-25)20-17-10-4-5-11-19(17)28-23(20)31/h1-12H,14H2,(H,27,30)(H,28,31). The zero-order valence-electron chi connectivity index (χ0n) is 17.6. The number of nitrogens with zero attached hydrogens (tertiary/aromatic N) is 2. The molecule has 34 heavy (non-hydrogen) atoms. The van der Waals surface area contributed by atoms with Crippen molar-refractivity contribution in [1.29, 1.82) is 5.26 Å². The zero-order chi connectivity index (χ0) is 23.7. The van der Waals surface area contributed by atoms with Gasteiger partial charge in [0.05, 0.1) is 24.1 Å². The van der Waals surface area contributed by atoms with Gasteiger partial charge in [-0.1, -0.05) is 36.4 Å². The molecule has 5 rings (SSSR count). The Balaban J connectivity index is 1.78. The Morgan fingerprint density at radius 3 is 2.56 bits per heavy atom. The molecular formula is C25H16N4O4S. The van der Waals surface area contributed by atoms with Gasteiger partial charge in [0.25, 0.3) is 17.4 Å². The molecule has 9 heteroatoms. The third kappa shape index (κ3) is 3.62. The topological polar surface area (TPSA) is 117 Å². The van der Waals surface area contributed by atoms with Gasteiger partial charge in [0, 0.05) is 11.3 Å². The predicted molar refractivity (Wildman–Crippen MR) is 126 cm³/mol. The van der Waals surface area contributed by atoms with Crippen molar-refractivity contribution in [3.63, 3.8) is 0 Å². The first-order valence-corrected chi connectivity index (χ1v) is 11.1. The summed E-state index contributed by atoms with van der Waals surface area (Å²) in [5, 5.41) is 15.3. The number of carbonyl (C=O) groups excluding carboxylic acids is 2. The highest BCUT2D eigenvalue weighted by Crippen LogP contribution is 2.29. The number of nitriles is 1. The van der Waals surface area contributed by atoms with Crippen molar-refractivity contribution in [1.82, 2.24) is 9.88 Å². The number of thiazole rings is 1. The molecule has 3 heterocycles. The van der Waals surface area contributed by atoms with E-state index >= 15 is 0 Å². The number of nitrogens with one attached hydrogen (secondary N) is 2. The second-order valence-electron chi connectivity index (χ2n) is 7.34. The first-order chi connectivity index (χ1) is 16.6. The summed E-state index contributed by atoms with van der Waals surface area (Å²) in [6.45, 7) is 0.0813. The largest absolute Gasteiger partial charge is 0.467 e. The number of anilines is 1. The van der Waals surface area contributed by atoms with Crippen LogP contribution >= 0.6 is 11.3 Å². The van der Waals surface area contributed by atoms with Gasteiger partial charge in [-0.2, -0.15) is 5.26 Å². The minimum Gasteiger partial charge on any atom is -0.467 e. The van der Waals surface area contributed by atoms with Crippen molar-refractivity contribution in [3.05, 3.63) is 104 Å². The molecule has 0 atom stereocenters. The zero-order valence-corrected chi connectivity index (χ0v) is 18.4. The van der Waals surface area contributed by atoms with Gasteiger partial charge >= 0.3 is 0 Å². The third-order valence-corrected chi connectivity index (χ3v) is 6.43. The number of aromatic nitrogens is 1. The van der Waals surface area contributed by atoms with Crippen molar-refractivity contribution >= 4 is 40.0 Å². The molecule has 1 aliphatic rings. The number of para-hydroxylation sites is 2. The number of hydrogen-bond donors (Lipinski definition) is 2. The van der Waals surface area contributed by atoms with Crippen LogP contribution in [0.15, 0.2) is 82.2 Å². The maximum atomic E-state index is 13.6. The number of rotatable bonds is 4. The molecule has 166 valence electrons. The Labute approximate surface area is 196 Å². The molecule has 0 fully saturated rings. The number of amides is 2. The van der Waals surface area contributed by atoms with E-state index < -0.39 is 17.4 Å². The van der Waals surface area contributed by atoms with E-state index in [2.05, 4.69) is 10.6 Å². The predicted octanol–water partition coefficient (Wildman–Crippen LogP) is 1.63. The lowest BCUT2D eigenvalue weighted by atomic mass is 10.1. The van der Waals surface area contributed by atoms with Gasteiger partial charge in [-0.3, -0.25) is 19.0 Å². The van der Waals surface area contributed by atoms with Crippen LogP contribution in [-0.4, -0.2) is 16.4 Å². The lowest BCUT2D eigenvalue weighted by molar-refractivity contribution is -0.115. The Hall–Kier alpha value is -4.68. The average Bonchev–Trinajstić information content (AvgIpc) is 3.56. The summed E-state index contributed by atoms with van der Waals surface area (Å²) in [5.74, 6) is -0.544. The molecule has 8 nitrogen and oxygen atoms in total. The number of hydrogen-bond acceptors (Lipinski definition) is 6. The van der Waals surface area contributed by atoms with Gasteiger partial charge in [0.2, 0.25) is 0 Å². The Kier molecular flexibility index (Phi) is 5.41. The molecule has 2 aromatic carbocycles. The minimum atomic E-state index is -0.655. The highest BCUT2D eigenvalue weighted by Gasteiger charge is 2.27. The molecule has 0 saturated carbocycles. The smallest absolute Gasteiger partial charge is 0.274 e. The van der Waals surface area contributed by atoms with Crippen LogP contribution in [0, 0.1) is 11.3 Å². The second-order valence-corrected chi connectivity index (χ2v) is 8.34. The van der Waals surface area contributed by atoms with E-state index in [0.29, 0.717) is 22.7 Å². The summed E-state index contributed by atoms with van der Waals surface area (Å²) in [4.78, 5) is 39.4. The van der Waals surface area contributed by atoms with Crippen molar-refractivity contribution < 1.29 is 14.0 Å². The van der Waals surface area contributed by atoms with Crippen LogP contribution in [-0.2, 0) is 16.1 Å². The maximum Gasteiger partial charge on any atom is 0.274 e. The van der Waals surface area contributed by atoms with Crippen LogP contribution in [0.5, 0.6) is 0 Å². The van der Waals surface area contributed by atoms with Crippen LogP contribution in [0.2, 0.25) is 0 Å². The van der Waals surface area contributed by atoms with Crippen molar-refractivity contribution in [3.8, 4) is 11.8 Å². The molecule has 2 N–H and O–H groups in total. The van der Waals surface area contributed by atoms with Crippen molar-refractivity contribution in [2.45, 2.75) is 6.54 Å². The van der Waals surface area contributed by atoms with E-state index in [1.54, 1.807) is 66.7 Å². The van der Waals surface area contributed by atoms with Crippen LogP contribution in [0.3, 0.4) is 0 Å². The first kappa shape index (κ1) is 21.2. The van der Waals surface area contributed by atoms with Gasteiger partial charge < -0.3 is 15.1 Å². The maximum absolute atomic E-state index is 13.6. The van der Waals surface area contributed by atoms with E-state index in [9.17, 15) is 19.6 Å². The monoisotopic (exact) mass is 468 g/mol. The van der Waals surface area contributed by atoms with E-state index in [1.165, 1.54) is 10.8 Å². The van der Waals surface area contributed by atoms with Crippen LogP contribution < -0.4 is 25.4 Å². The van der Waals surface area contributed by atoms with Crippen LogP contribution in [0.25, 0.3) is 16.8 Å². The van der Waals surface area contributed by atoms with Crippen LogP contribution in [0.4, 0.5) is 5.69 Å². The lowest BCUT2D eigenvalue weighted by Crippen LogP contribution is -2.34. The Morgan fingerprint density at radius 2 is 1.82 bits per heavy atom. The van der Waals surface area contributed by atoms with Gasteiger partial charge in [-0.05, 0) is 30.3 Å². The molecule has 0 bridgehead atoms. The molecule has 0 saturated heterocycles. The highest BCUT2D eigenvalue weighted by atomic mass is 32.1. The number of fused-ring (bicyclic) bond motifs is 1. The lowest BCUT2D eigenvalue weighted by Gasteiger charge is -2.04. The fourth-order valence-corrected chi connectivity index (χ4v) is 4.92. The number of furan rings is 1. The first-order valence-electron chi connectivity index (χ1n) is 10.3. The normalized spacial score (nSPS) is 14.7. The molecule has 4 aromatic rings. The molecule has 0 unspecified atom stereocenters. The van der Waals surface area contributed by atoms with E-state index in [4.69, 9.17) is 4.42 Å². The molecule has 0 aliphatic carbocycles. The molecule has 1 aliphatic heterocycles. The molecule has 0 spiro atoms. The van der Waals surface area contributed by atoms with Crippen molar-refractivity contribution in [2.24, 2.45) is 0 Å². The third-order valence-electron chi connectivity index (χ3n) is 5.27. The van der Waals surface area contributed by atoms with E-state index in [-0.39, 0.29) is 26.9 Å². The fourth-order valence-electron chi connectivity index (χ4n) is 3.72. The quantitative estimate of drug-likeness (QED) is 0.472. The fraction of sp³-hybridized carbons (Fsp3) is 0.0400. The highest BCUT2D eigenvalue weighted by molar-refractivity contribution is 7.08. The van der Waals surface area contributed by atoms with Gasteiger partial charge in [-0.15, -0.1) is 11.3 Å². The Bertz CT molecular complexity index is 1640. The van der Waals surface area contributed by atoms with Gasteiger partial charge in [-0.25, -0.2) is 0 Å². The summed E-state index contributed by atoms with van der Waals surface area (Å²) in [7, 11) is 0. The summed E-state index contributed by atoms with van der Waals surface area (Å²) < 4.78 is 6.80. The number of benzene rings is 2. The van der Waals surface area contributed by atoms with Crippen molar-refractivity contribution in [2.75, 3.05) is 5.32 Å². The second kappa shape index (κ2) is 8.69. The summed E-state index contributed by atoms with van der Waals surface area (Å²) in [6, 6.07) is 21.1. The summed E-state index contributed by atoms with van der Waals surface area (Å²) in [5.41, 5.74) is 1.16. The van der Waals surface area contributed by atoms with E-state index in [0.717, 1.165) is 11.3 Å². The minimum absolute atomic E-state index is 0.0813. The van der Waals surface area contributed by atoms with E-state index in [1.807, 2.05) is 6.07 Å². The Morgan fingerprint density at radius 1 is 1.06 bits per heavy atom. The molecule has 2 amide bonds. The molecular weight excluding hydrogens is 452 g/mol. The summed E-state index contributed by atoms with van der Waals surface area (Å²) in [6.07, 6.45) is 1.48. The SMILES string of the molecule is N#CC(C(=O)NCc1ccco1)=c1sc(=C2C(=O)Nc3ccccc32)c(=O)n1-c1ccccc1. The molecule has 2 aromatic heterocycles. The summed E-state index contributed by atoms with van der Waals surface area (Å²) >= 11 is 0.939. The van der Waals surface area contributed by atoms with Gasteiger partial charge in [0.15, 0.2) is 5.57 Å². The van der Waals surface area contributed by atoms with Gasteiger partial charge in [0.1, 0.15) is 21.0 Å². The molecule has 0 radical (unpaired) electrons. The van der Waals surface area contributed by atoms with Crippen LogP contribution in [0.1, 0.15) is 11.3 Å².